The zero-order valence-corrected chi connectivity index (χ0v) is 18.2. The molecule has 0 unspecified atom stereocenters. The van der Waals surface area contributed by atoms with E-state index in [1.54, 1.807) is 12.3 Å². The van der Waals surface area contributed by atoms with Crippen molar-refractivity contribution in [1.29, 1.82) is 0 Å². The molecule has 2 aliphatic heterocycles. The topological polar surface area (TPSA) is 53.5 Å². The molecule has 0 N–H and O–H groups in total. The highest BCUT2D eigenvalue weighted by Gasteiger charge is 2.48. The number of fused-ring (bicyclic) bond motifs is 1. The molecule has 2 aromatic rings. The van der Waals surface area contributed by atoms with Crippen molar-refractivity contribution >= 4 is 11.8 Å². The van der Waals surface area contributed by atoms with Crippen LogP contribution in [0.25, 0.3) is 0 Å². The molecular formula is C26H31N3O2. The normalized spacial score (nSPS) is 26.2. The number of amides is 2. The summed E-state index contributed by atoms with van der Waals surface area (Å²) in [5.41, 5.74) is 3.04. The maximum atomic E-state index is 13.4. The molecule has 3 fully saturated rings. The average Bonchev–Trinajstić information content (AvgIpc) is 3.47. The number of likely N-dealkylation sites (tertiary alicyclic amines) is 2. The number of nitrogens with zero attached hydrogens (tertiary/aromatic N) is 3. The molecule has 0 radical (unpaired) electrons. The van der Waals surface area contributed by atoms with E-state index in [4.69, 9.17) is 0 Å². The summed E-state index contributed by atoms with van der Waals surface area (Å²) in [5.74, 6) is 1.10. The number of benzene rings is 1. The van der Waals surface area contributed by atoms with Gasteiger partial charge in [0.1, 0.15) is 5.69 Å². The fourth-order valence-electron chi connectivity index (χ4n) is 5.98. The average molecular weight is 418 g/mol. The van der Waals surface area contributed by atoms with Gasteiger partial charge in [0.25, 0.3) is 5.91 Å². The molecule has 162 valence electrons. The van der Waals surface area contributed by atoms with Crippen LogP contribution in [0.5, 0.6) is 0 Å². The van der Waals surface area contributed by atoms with Crippen LogP contribution in [0.4, 0.5) is 0 Å². The fourth-order valence-corrected chi connectivity index (χ4v) is 5.98. The minimum Gasteiger partial charge on any atom is -0.338 e. The lowest BCUT2D eigenvalue weighted by atomic mass is 9.81. The summed E-state index contributed by atoms with van der Waals surface area (Å²) in [6.07, 6.45) is 6.94. The highest BCUT2D eigenvalue weighted by molar-refractivity contribution is 5.92. The molecule has 5 rings (SSSR count). The number of hydrogen-bond acceptors (Lipinski definition) is 3. The molecule has 3 aliphatic rings. The number of carbonyl (C=O) groups is 2. The van der Waals surface area contributed by atoms with Crippen LogP contribution in [0.1, 0.15) is 59.6 Å². The third kappa shape index (κ3) is 3.86. The first-order chi connectivity index (χ1) is 15.1. The molecule has 1 aliphatic carbocycles. The second-order valence-electron chi connectivity index (χ2n) is 9.48. The maximum Gasteiger partial charge on any atom is 0.272 e. The molecule has 1 saturated carbocycles. The van der Waals surface area contributed by atoms with E-state index in [9.17, 15) is 9.59 Å². The van der Waals surface area contributed by atoms with Crippen LogP contribution in [0.3, 0.4) is 0 Å². The lowest BCUT2D eigenvalue weighted by molar-refractivity contribution is -0.137. The van der Waals surface area contributed by atoms with E-state index < -0.39 is 0 Å². The highest BCUT2D eigenvalue weighted by Crippen LogP contribution is 2.43. The first-order valence-electron chi connectivity index (χ1n) is 11.7. The first kappa shape index (κ1) is 20.2. The highest BCUT2D eigenvalue weighted by atomic mass is 16.2. The van der Waals surface area contributed by atoms with Gasteiger partial charge in [-0.15, -0.1) is 0 Å². The van der Waals surface area contributed by atoms with Crippen molar-refractivity contribution in [3.05, 3.63) is 65.5 Å². The van der Waals surface area contributed by atoms with Crippen molar-refractivity contribution < 1.29 is 9.59 Å². The van der Waals surface area contributed by atoms with Gasteiger partial charge in [0, 0.05) is 49.6 Å². The van der Waals surface area contributed by atoms with Crippen LogP contribution in [-0.4, -0.2) is 52.3 Å². The van der Waals surface area contributed by atoms with Crippen LogP contribution in [0, 0.1) is 18.8 Å². The number of hydrogen-bond donors (Lipinski definition) is 0. The van der Waals surface area contributed by atoms with Gasteiger partial charge in [-0.05, 0) is 43.9 Å². The minimum absolute atomic E-state index is 0.00242. The summed E-state index contributed by atoms with van der Waals surface area (Å²) in [5, 5.41) is 0. The zero-order chi connectivity index (χ0) is 21.4. The molecular weight excluding hydrogens is 386 g/mol. The summed E-state index contributed by atoms with van der Waals surface area (Å²) < 4.78 is 0. The van der Waals surface area contributed by atoms with Crippen molar-refractivity contribution in [3.63, 3.8) is 0 Å². The predicted molar refractivity (Wildman–Crippen MR) is 120 cm³/mol. The molecule has 1 aromatic carbocycles. The van der Waals surface area contributed by atoms with Crippen molar-refractivity contribution in [3.8, 4) is 0 Å². The Kier molecular flexibility index (Phi) is 5.51. The molecule has 3 atom stereocenters. The Morgan fingerprint density at radius 2 is 1.84 bits per heavy atom. The van der Waals surface area contributed by atoms with Gasteiger partial charge in [-0.1, -0.05) is 48.7 Å². The quantitative estimate of drug-likeness (QED) is 0.757. The number of aryl methyl sites for hydroxylation is 1. The van der Waals surface area contributed by atoms with Crippen molar-refractivity contribution in [2.24, 2.45) is 11.8 Å². The summed E-state index contributed by atoms with van der Waals surface area (Å²) in [4.78, 5) is 34.9. The molecule has 0 bridgehead atoms. The van der Waals surface area contributed by atoms with E-state index in [1.807, 2.05) is 17.0 Å². The summed E-state index contributed by atoms with van der Waals surface area (Å²) in [6.45, 7) is 4.27. The second-order valence-corrected chi connectivity index (χ2v) is 9.48. The largest absolute Gasteiger partial charge is 0.338 e. The Balaban J connectivity index is 1.42. The van der Waals surface area contributed by atoms with E-state index in [-0.39, 0.29) is 29.7 Å². The lowest BCUT2D eigenvalue weighted by Crippen LogP contribution is -2.50. The monoisotopic (exact) mass is 417 g/mol. The van der Waals surface area contributed by atoms with Gasteiger partial charge in [-0.25, -0.2) is 0 Å². The molecule has 3 heterocycles. The first-order valence-corrected chi connectivity index (χ1v) is 11.7. The van der Waals surface area contributed by atoms with Crippen LogP contribution in [0.15, 0.2) is 48.7 Å². The third-order valence-electron chi connectivity index (χ3n) is 7.56. The molecule has 5 nitrogen and oxygen atoms in total. The second kappa shape index (κ2) is 8.45. The number of rotatable bonds is 3. The number of piperidine rings is 1. The van der Waals surface area contributed by atoms with Crippen LogP contribution < -0.4 is 0 Å². The van der Waals surface area contributed by atoms with Gasteiger partial charge in [0.05, 0.1) is 0 Å². The van der Waals surface area contributed by atoms with E-state index in [1.165, 1.54) is 24.0 Å². The molecule has 1 aromatic heterocycles. The van der Waals surface area contributed by atoms with Crippen molar-refractivity contribution in [2.45, 2.75) is 51.0 Å². The van der Waals surface area contributed by atoms with Crippen LogP contribution in [0.2, 0.25) is 0 Å². The minimum atomic E-state index is 0.00242. The Bertz CT molecular complexity index is 954. The van der Waals surface area contributed by atoms with Gasteiger partial charge < -0.3 is 9.80 Å². The van der Waals surface area contributed by atoms with Gasteiger partial charge in [-0.3, -0.25) is 14.6 Å². The van der Waals surface area contributed by atoms with Crippen LogP contribution in [-0.2, 0) is 4.79 Å². The van der Waals surface area contributed by atoms with Gasteiger partial charge in [-0.2, -0.15) is 0 Å². The van der Waals surface area contributed by atoms with Crippen LogP contribution >= 0.6 is 0 Å². The predicted octanol–water partition coefficient (Wildman–Crippen LogP) is 4.04. The SMILES string of the molecule is Cc1cccc([C@H]2CN(C(=O)C3CCCC3)[C@@H]3CCN(C(=O)c4ccccn4)C[C@H]23)c1. The standard InChI is InChI=1S/C26H31N3O2/c1-18-7-6-10-20(15-18)21-17-29(25(30)19-8-2-3-9-19)24-12-14-28(16-22(21)24)26(31)23-11-4-5-13-27-23/h4-7,10-11,13,15,19,21-22,24H,2-3,8-9,12,14,16-17H2,1H3/t21-,22-,24-/m1/s1. The Hall–Kier alpha value is -2.69. The molecule has 0 spiro atoms. The van der Waals surface area contributed by atoms with E-state index in [2.05, 4.69) is 41.1 Å². The third-order valence-corrected chi connectivity index (χ3v) is 7.56. The van der Waals surface area contributed by atoms with Gasteiger partial charge >= 0.3 is 0 Å². The molecule has 2 saturated heterocycles. The van der Waals surface area contributed by atoms with E-state index in [0.29, 0.717) is 24.7 Å². The number of carbonyl (C=O) groups excluding carboxylic acids is 2. The smallest absolute Gasteiger partial charge is 0.272 e. The fraction of sp³-hybridized carbons (Fsp3) is 0.500. The molecule has 2 amide bonds. The maximum absolute atomic E-state index is 13.4. The molecule has 5 heteroatoms. The Morgan fingerprint density at radius 1 is 1.00 bits per heavy atom. The van der Waals surface area contributed by atoms with Crippen molar-refractivity contribution in [1.82, 2.24) is 14.8 Å². The summed E-state index contributed by atoms with van der Waals surface area (Å²) in [7, 11) is 0. The lowest BCUT2D eigenvalue weighted by Gasteiger charge is -2.39. The summed E-state index contributed by atoms with van der Waals surface area (Å²) >= 11 is 0. The van der Waals surface area contributed by atoms with E-state index >= 15 is 0 Å². The summed E-state index contributed by atoms with van der Waals surface area (Å²) in [6, 6.07) is 14.4. The Morgan fingerprint density at radius 3 is 2.58 bits per heavy atom. The molecule has 31 heavy (non-hydrogen) atoms. The van der Waals surface area contributed by atoms with Gasteiger partial charge in [0.2, 0.25) is 5.91 Å². The van der Waals surface area contributed by atoms with Gasteiger partial charge in [0.15, 0.2) is 0 Å². The zero-order valence-electron chi connectivity index (χ0n) is 18.2. The number of aromatic nitrogens is 1. The van der Waals surface area contributed by atoms with Crippen molar-refractivity contribution in [2.75, 3.05) is 19.6 Å². The Labute approximate surface area is 184 Å². The van der Waals surface area contributed by atoms with E-state index in [0.717, 1.165) is 25.8 Å². The number of pyridine rings is 1.